The highest BCUT2D eigenvalue weighted by Crippen LogP contribution is 2.05. The van der Waals surface area contributed by atoms with Gasteiger partial charge < -0.3 is 5.32 Å². The molecule has 0 spiro atoms. The van der Waals surface area contributed by atoms with Crippen LogP contribution in [0.2, 0.25) is 0 Å². The Kier molecular flexibility index (Phi) is 10.1. The van der Waals surface area contributed by atoms with E-state index in [9.17, 15) is 0 Å². The molecular formula is C12H24N2. The van der Waals surface area contributed by atoms with E-state index in [1.807, 2.05) is 0 Å². The Hall–Kier alpha value is -0.550. The molecule has 2 nitrogen and oxygen atoms in total. The van der Waals surface area contributed by atoms with Gasteiger partial charge >= 0.3 is 0 Å². The van der Waals surface area contributed by atoms with Crippen molar-refractivity contribution >= 4 is 0 Å². The van der Waals surface area contributed by atoms with Gasteiger partial charge in [0.1, 0.15) is 0 Å². The van der Waals surface area contributed by atoms with Crippen molar-refractivity contribution in [2.75, 3.05) is 6.54 Å². The van der Waals surface area contributed by atoms with Crippen molar-refractivity contribution in [1.82, 2.24) is 5.32 Å². The fourth-order valence-electron chi connectivity index (χ4n) is 1.50. The standard InChI is InChI=1S/C12H24N2/c1-3-4-5-6-9-12(2)14-11-8-7-10-13/h12,14H,3-9,11H2,1-2H3. The van der Waals surface area contributed by atoms with E-state index in [4.69, 9.17) is 5.26 Å². The Morgan fingerprint density at radius 1 is 1.21 bits per heavy atom. The minimum Gasteiger partial charge on any atom is -0.314 e. The summed E-state index contributed by atoms with van der Waals surface area (Å²) in [6.07, 6.45) is 8.30. The molecule has 0 rings (SSSR count). The van der Waals surface area contributed by atoms with E-state index in [1.165, 1.54) is 32.1 Å². The summed E-state index contributed by atoms with van der Waals surface area (Å²) in [6.45, 7) is 5.46. The molecule has 0 aromatic heterocycles. The van der Waals surface area contributed by atoms with E-state index in [2.05, 4.69) is 25.2 Å². The molecule has 0 fully saturated rings. The first kappa shape index (κ1) is 13.4. The van der Waals surface area contributed by atoms with E-state index < -0.39 is 0 Å². The van der Waals surface area contributed by atoms with E-state index >= 15 is 0 Å². The minimum absolute atomic E-state index is 0.616. The molecule has 82 valence electrons. The summed E-state index contributed by atoms with van der Waals surface area (Å²) in [5, 5.41) is 11.8. The second-order valence-electron chi connectivity index (χ2n) is 3.97. The Balaban J connectivity index is 3.12. The number of nitrogens with zero attached hydrogens (tertiary/aromatic N) is 1. The van der Waals surface area contributed by atoms with Crippen LogP contribution in [0.3, 0.4) is 0 Å². The predicted octanol–water partition coefficient (Wildman–Crippen LogP) is 3.24. The lowest BCUT2D eigenvalue weighted by Gasteiger charge is -2.12. The van der Waals surface area contributed by atoms with Crippen molar-refractivity contribution in [3.05, 3.63) is 0 Å². The maximum absolute atomic E-state index is 8.35. The highest BCUT2D eigenvalue weighted by Gasteiger charge is 1.99. The van der Waals surface area contributed by atoms with Crippen molar-refractivity contribution in [1.29, 1.82) is 5.26 Å². The van der Waals surface area contributed by atoms with Crippen LogP contribution < -0.4 is 5.32 Å². The van der Waals surface area contributed by atoms with Crippen LogP contribution >= 0.6 is 0 Å². The van der Waals surface area contributed by atoms with Crippen molar-refractivity contribution < 1.29 is 0 Å². The maximum atomic E-state index is 8.35. The number of hydrogen-bond acceptors (Lipinski definition) is 2. The summed E-state index contributed by atoms with van der Waals surface area (Å²) in [5.74, 6) is 0. The van der Waals surface area contributed by atoms with Crippen molar-refractivity contribution in [2.45, 2.75) is 64.8 Å². The maximum Gasteiger partial charge on any atom is 0.0622 e. The van der Waals surface area contributed by atoms with Crippen molar-refractivity contribution in [3.63, 3.8) is 0 Å². The average molecular weight is 196 g/mol. The van der Waals surface area contributed by atoms with Gasteiger partial charge in [-0.15, -0.1) is 0 Å². The molecule has 0 aromatic rings. The summed E-state index contributed by atoms with van der Waals surface area (Å²) in [6, 6.07) is 2.78. The third-order valence-corrected chi connectivity index (χ3v) is 2.45. The molecule has 0 saturated carbocycles. The van der Waals surface area contributed by atoms with Gasteiger partial charge in [0, 0.05) is 12.5 Å². The van der Waals surface area contributed by atoms with Crippen LogP contribution in [0.5, 0.6) is 0 Å². The number of nitriles is 1. The van der Waals surface area contributed by atoms with Crippen LogP contribution in [0.1, 0.15) is 58.8 Å². The Morgan fingerprint density at radius 2 is 2.00 bits per heavy atom. The highest BCUT2D eigenvalue weighted by atomic mass is 14.9. The Bertz CT molecular complexity index is 149. The minimum atomic E-state index is 0.616. The molecule has 0 aliphatic rings. The van der Waals surface area contributed by atoms with Gasteiger partial charge in [-0.05, 0) is 26.3 Å². The third kappa shape index (κ3) is 9.54. The molecule has 1 atom stereocenters. The van der Waals surface area contributed by atoms with Crippen molar-refractivity contribution in [3.8, 4) is 6.07 Å². The number of nitrogens with one attached hydrogen (secondary N) is 1. The van der Waals surface area contributed by atoms with Gasteiger partial charge in [-0.1, -0.05) is 32.6 Å². The average Bonchev–Trinajstić information content (AvgIpc) is 2.19. The largest absolute Gasteiger partial charge is 0.314 e. The van der Waals surface area contributed by atoms with Crippen LogP contribution in [-0.2, 0) is 0 Å². The molecule has 1 N–H and O–H groups in total. The van der Waals surface area contributed by atoms with Gasteiger partial charge in [0.05, 0.1) is 6.07 Å². The number of rotatable bonds is 9. The van der Waals surface area contributed by atoms with Crippen LogP contribution in [0.25, 0.3) is 0 Å². The van der Waals surface area contributed by atoms with Gasteiger partial charge in [-0.2, -0.15) is 5.26 Å². The topological polar surface area (TPSA) is 35.8 Å². The number of unbranched alkanes of at least 4 members (excludes halogenated alkanes) is 4. The molecule has 0 aromatic carbocycles. The summed E-state index contributed by atoms with van der Waals surface area (Å²) < 4.78 is 0. The van der Waals surface area contributed by atoms with Crippen LogP contribution in [0.15, 0.2) is 0 Å². The molecule has 0 bridgehead atoms. The molecule has 1 unspecified atom stereocenters. The fraction of sp³-hybridized carbons (Fsp3) is 0.917. The second kappa shape index (κ2) is 10.5. The van der Waals surface area contributed by atoms with Gasteiger partial charge in [0.2, 0.25) is 0 Å². The molecule has 0 radical (unpaired) electrons. The van der Waals surface area contributed by atoms with Gasteiger partial charge in [0.15, 0.2) is 0 Å². The lowest BCUT2D eigenvalue weighted by molar-refractivity contribution is 0.480. The normalized spacial score (nSPS) is 12.4. The zero-order valence-corrected chi connectivity index (χ0v) is 9.68. The smallest absolute Gasteiger partial charge is 0.0622 e. The molecule has 2 heteroatoms. The van der Waals surface area contributed by atoms with E-state index in [-0.39, 0.29) is 0 Å². The van der Waals surface area contributed by atoms with Gasteiger partial charge in [-0.25, -0.2) is 0 Å². The Morgan fingerprint density at radius 3 is 2.64 bits per heavy atom. The monoisotopic (exact) mass is 196 g/mol. The molecule has 0 saturated heterocycles. The first-order valence-electron chi connectivity index (χ1n) is 5.91. The predicted molar refractivity (Wildman–Crippen MR) is 61.1 cm³/mol. The zero-order chi connectivity index (χ0) is 10.6. The first-order valence-corrected chi connectivity index (χ1v) is 5.91. The number of hydrogen-bond donors (Lipinski definition) is 1. The third-order valence-electron chi connectivity index (χ3n) is 2.45. The second-order valence-corrected chi connectivity index (χ2v) is 3.97. The quantitative estimate of drug-likeness (QED) is 0.575. The first-order chi connectivity index (χ1) is 6.81. The lowest BCUT2D eigenvalue weighted by Crippen LogP contribution is -2.26. The van der Waals surface area contributed by atoms with Crippen molar-refractivity contribution in [2.24, 2.45) is 0 Å². The van der Waals surface area contributed by atoms with Crippen LogP contribution in [0, 0.1) is 11.3 Å². The molecule has 14 heavy (non-hydrogen) atoms. The summed E-state index contributed by atoms with van der Waals surface area (Å²) in [4.78, 5) is 0. The van der Waals surface area contributed by atoms with Crippen LogP contribution in [0.4, 0.5) is 0 Å². The van der Waals surface area contributed by atoms with Gasteiger partial charge in [-0.3, -0.25) is 0 Å². The summed E-state index contributed by atoms with van der Waals surface area (Å²) in [7, 11) is 0. The SMILES string of the molecule is CCCCCCC(C)NCCCC#N. The Labute approximate surface area is 88.7 Å². The highest BCUT2D eigenvalue weighted by molar-refractivity contribution is 4.70. The van der Waals surface area contributed by atoms with E-state index in [0.717, 1.165) is 13.0 Å². The molecule has 0 aliphatic carbocycles. The molecule has 0 heterocycles. The van der Waals surface area contributed by atoms with Gasteiger partial charge in [0.25, 0.3) is 0 Å². The van der Waals surface area contributed by atoms with E-state index in [1.54, 1.807) is 0 Å². The van der Waals surface area contributed by atoms with E-state index in [0.29, 0.717) is 12.5 Å². The summed E-state index contributed by atoms with van der Waals surface area (Å²) in [5.41, 5.74) is 0. The summed E-state index contributed by atoms with van der Waals surface area (Å²) >= 11 is 0. The lowest BCUT2D eigenvalue weighted by atomic mass is 10.1. The van der Waals surface area contributed by atoms with Crippen LogP contribution in [-0.4, -0.2) is 12.6 Å². The molecular weight excluding hydrogens is 172 g/mol. The zero-order valence-electron chi connectivity index (χ0n) is 9.68. The molecule has 0 aliphatic heterocycles. The molecule has 0 amide bonds. The fourth-order valence-corrected chi connectivity index (χ4v) is 1.50.